The molecule has 3 rings (SSSR count). The number of rotatable bonds is 7. The molecule has 144 valence electrons. The fourth-order valence-electron chi connectivity index (χ4n) is 3.03. The molecule has 1 aliphatic heterocycles. The van der Waals surface area contributed by atoms with E-state index in [1.165, 1.54) is 0 Å². The normalized spacial score (nSPS) is 13.9. The number of likely N-dealkylation sites (N-methyl/N-ethyl adjacent to an activating group) is 1. The average Bonchev–Trinajstić information content (AvgIpc) is 2.69. The van der Waals surface area contributed by atoms with E-state index in [2.05, 4.69) is 5.32 Å². The second-order valence-corrected chi connectivity index (χ2v) is 6.98. The Labute approximate surface area is 165 Å². The van der Waals surface area contributed by atoms with Crippen molar-refractivity contribution in [2.24, 2.45) is 0 Å². The number of nitrogens with zero attached hydrogens (tertiary/aromatic N) is 1. The van der Waals surface area contributed by atoms with Crippen LogP contribution < -0.4 is 14.8 Å². The minimum absolute atomic E-state index is 0.0423. The van der Waals surface area contributed by atoms with E-state index in [9.17, 15) is 4.79 Å². The summed E-state index contributed by atoms with van der Waals surface area (Å²) in [6, 6.07) is 13.5. The molecule has 0 fully saturated rings. The maximum atomic E-state index is 12.7. The van der Waals surface area contributed by atoms with Gasteiger partial charge in [0.25, 0.3) is 0 Å². The van der Waals surface area contributed by atoms with Crippen molar-refractivity contribution in [3.05, 3.63) is 58.6 Å². The molecule has 1 heterocycles. The van der Waals surface area contributed by atoms with Gasteiger partial charge in [-0.05, 0) is 49.2 Å². The zero-order valence-electron chi connectivity index (χ0n) is 15.7. The first-order valence-electron chi connectivity index (χ1n) is 9.22. The highest BCUT2D eigenvalue weighted by molar-refractivity contribution is 6.30. The summed E-state index contributed by atoms with van der Waals surface area (Å²) in [7, 11) is 0. The Bertz CT molecular complexity index is 797. The van der Waals surface area contributed by atoms with E-state index in [1.807, 2.05) is 61.2 Å². The Balaban J connectivity index is 1.57. The second-order valence-electron chi connectivity index (χ2n) is 6.54. The minimum atomic E-state index is 0.0423. The molecule has 0 bridgehead atoms. The van der Waals surface area contributed by atoms with E-state index in [-0.39, 0.29) is 18.5 Å². The van der Waals surface area contributed by atoms with Crippen LogP contribution in [0.15, 0.2) is 42.5 Å². The highest BCUT2D eigenvalue weighted by atomic mass is 35.5. The van der Waals surface area contributed by atoms with Crippen molar-refractivity contribution in [2.45, 2.75) is 26.4 Å². The lowest BCUT2D eigenvalue weighted by Crippen LogP contribution is -2.38. The first kappa shape index (κ1) is 19.5. The van der Waals surface area contributed by atoms with E-state index in [1.54, 1.807) is 0 Å². The molecule has 2 aromatic carbocycles. The number of hydrogen-bond donors (Lipinski definition) is 1. The van der Waals surface area contributed by atoms with E-state index in [0.717, 1.165) is 22.6 Å². The van der Waals surface area contributed by atoms with Crippen molar-refractivity contribution in [1.82, 2.24) is 10.2 Å². The van der Waals surface area contributed by atoms with Gasteiger partial charge in [0, 0.05) is 24.2 Å². The maximum Gasteiger partial charge on any atom is 0.236 e. The summed E-state index contributed by atoms with van der Waals surface area (Å²) in [4.78, 5) is 14.5. The molecular weight excluding hydrogens is 364 g/mol. The smallest absolute Gasteiger partial charge is 0.236 e. The predicted octanol–water partition coefficient (Wildman–Crippen LogP) is 3.81. The fraction of sp³-hybridized carbons (Fsp3) is 0.381. The lowest BCUT2D eigenvalue weighted by molar-refractivity contribution is -0.130. The van der Waals surface area contributed by atoms with Crippen molar-refractivity contribution < 1.29 is 14.3 Å². The first-order chi connectivity index (χ1) is 13.1. The maximum absolute atomic E-state index is 12.7. The van der Waals surface area contributed by atoms with Gasteiger partial charge in [-0.3, -0.25) is 4.79 Å². The largest absolute Gasteiger partial charge is 0.486 e. The highest BCUT2D eigenvalue weighted by Gasteiger charge is 2.16. The highest BCUT2D eigenvalue weighted by Crippen LogP contribution is 2.31. The first-order valence-corrected chi connectivity index (χ1v) is 9.59. The number of carbonyl (C=O) groups excluding carboxylic acids is 1. The van der Waals surface area contributed by atoms with Crippen LogP contribution in [0.3, 0.4) is 0 Å². The van der Waals surface area contributed by atoms with Gasteiger partial charge in [0.05, 0.1) is 6.54 Å². The molecule has 0 saturated heterocycles. The van der Waals surface area contributed by atoms with Crippen molar-refractivity contribution in [3.8, 4) is 11.5 Å². The molecule has 6 heteroatoms. The van der Waals surface area contributed by atoms with Crippen molar-refractivity contribution in [3.63, 3.8) is 0 Å². The van der Waals surface area contributed by atoms with Crippen LogP contribution in [0.1, 0.15) is 31.0 Å². The predicted molar refractivity (Wildman–Crippen MR) is 106 cm³/mol. The van der Waals surface area contributed by atoms with Crippen LogP contribution >= 0.6 is 11.6 Å². The molecule has 0 aromatic heterocycles. The van der Waals surface area contributed by atoms with Gasteiger partial charge in [-0.2, -0.15) is 0 Å². The third kappa shape index (κ3) is 5.15. The summed E-state index contributed by atoms with van der Waals surface area (Å²) in [5.41, 5.74) is 2.09. The van der Waals surface area contributed by atoms with Gasteiger partial charge in [0.1, 0.15) is 13.2 Å². The van der Waals surface area contributed by atoms with Crippen molar-refractivity contribution >= 4 is 17.5 Å². The molecule has 1 N–H and O–H groups in total. The quantitative estimate of drug-likeness (QED) is 0.783. The van der Waals surface area contributed by atoms with Crippen LogP contribution in [0.25, 0.3) is 0 Å². The van der Waals surface area contributed by atoms with Gasteiger partial charge < -0.3 is 19.7 Å². The summed E-state index contributed by atoms with van der Waals surface area (Å²) < 4.78 is 11.2. The molecule has 27 heavy (non-hydrogen) atoms. The number of amides is 1. The number of halogens is 1. The zero-order valence-corrected chi connectivity index (χ0v) is 16.5. The van der Waals surface area contributed by atoms with Crippen LogP contribution in [-0.2, 0) is 11.3 Å². The van der Waals surface area contributed by atoms with Crippen LogP contribution in [0.2, 0.25) is 5.02 Å². The number of ether oxygens (including phenoxy) is 2. The Morgan fingerprint density at radius 2 is 1.96 bits per heavy atom. The van der Waals surface area contributed by atoms with Crippen LogP contribution in [-0.4, -0.2) is 37.1 Å². The zero-order chi connectivity index (χ0) is 19.2. The van der Waals surface area contributed by atoms with Gasteiger partial charge in [-0.25, -0.2) is 0 Å². The standard InChI is InChI=1S/C21H25ClN2O3/c1-3-24(14-16-7-8-19-20(11-16)27-10-9-26-19)21(25)13-23-15(2)17-5-4-6-18(22)12-17/h4-8,11-12,15,23H,3,9-10,13-14H2,1-2H3. The molecule has 0 spiro atoms. The minimum Gasteiger partial charge on any atom is -0.486 e. The van der Waals surface area contributed by atoms with Gasteiger partial charge in [0.2, 0.25) is 5.91 Å². The summed E-state index contributed by atoms with van der Waals surface area (Å²) >= 11 is 6.04. The number of nitrogens with one attached hydrogen (secondary N) is 1. The lowest BCUT2D eigenvalue weighted by Gasteiger charge is -2.24. The van der Waals surface area contributed by atoms with Crippen molar-refractivity contribution in [2.75, 3.05) is 26.3 Å². The van der Waals surface area contributed by atoms with Gasteiger partial charge >= 0.3 is 0 Å². The molecular formula is C21H25ClN2O3. The molecule has 1 amide bonds. The molecule has 0 aliphatic carbocycles. The average molecular weight is 389 g/mol. The molecule has 2 aromatic rings. The van der Waals surface area contributed by atoms with E-state index < -0.39 is 0 Å². The third-order valence-corrected chi connectivity index (χ3v) is 4.86. The number of hydrogen-bond acceptors (Lipinski definition) is 4. The third-order valence-electron chi connectivity index (χ3n) is 4.62. The van der Waals surface area contributed by atoms with E-state index in [4.69, 9.17) is 21.1 Å². The Morgan fingerprint density at radius 1 is 1.19 bits per heavy atom. The molecule has 0 saturated carbocycles. The number of fused-ring (bicyclic) bond motifs is 1. The Morgan fingerprint density at radius 3 is 2.70 bits per heavy atom. The van der Waals surface area contributed by atoms with E-state index >= 15 is 0 Å². The molecule has 1 unspecified atom stereocenters. The van der Waals surface area contributed by atoms with Crippen LogP contribution in [0.5, 0.6) is 11.5 Å². The summed E-state index contributed by atoms with van der Waals surface area (Å²) in [5.74, 6) is 1.56. The van der Waals surface area contributed by atoms with Gasteiger partial charge in [-0.15, -0.1) is 0 Å². The molecule has 5 nitrogen and oxygen atoms in total. The monoisotopic (exact) mass is 388 g/mol. The summed E-state index contributed by atoms with van der Waals surface area (Å²) in [6.07, 6.45) is 0. The topological polar surface area (TPSA) is 50.8 Å². The van der Waals surface area contributed by atoms with Crippen LogP contribution in [0, 0.1) is 0 Å². The van der Waals surface area contributed by atoms with Crippen molar-refractivity contribution in [1.29, 1.82) is 0 Å². The second kappa shape index (κ2) is 9.11. The molecule has 1 aliphatic rings. The SMILES string of the molecule is CCN(Cc1ccc2c(c1)OCCO2)C(=O)CNC(C)c1cccc(Cl)c1. The van der Waals surface area contributed by atoms with Crippen LogP contribution in [0.4, 0.5) is 0 Å². The number of carbonyl (C=O) groups is 1. The van der Waals surface area contributed by atoms with E-state index in [0.29, 0.717) is 31.3 Å². The fourth-order valence-corrected chi connectivity index (χ4v) is 3.23. The van der Waals surface area contributed by atoms with Gasteiger partial charge in [-0.1, -0.05) is 29.8 Å². The Kier molecular flexibility index (Phi) is 6.58. The molecule has 0 radical (unpaired) electrons. The molecule has 1 atom stereocenters. The lowest BCUT2D eigenvalue weighted by atomic mass is 10.1. The van der Waals surface area contributed by atoms with Gasteiger partial charge in [0.15, 0.2) is 11.5 Å². The summed E-state index contributed by atoms with van der Waals surface area (Å²) in [5, 5.41) is 3.98. The number of benzene rings is 2. The summed E-state index contributed by atoms with van der Waals surface area (Å²) in [6.45, 7) is 6.58. The Hall–Kier alpha value is -2.24.